The molecular weight excluding hydrogens is 256 g/mol. The van der Waals surface area contributed by atoms with Crippen molar-refractivity contribution < 1.29 is 18.7 Å². The van der Waals surface area contributed by atoms with Crippen molar-refractivity contribution in [2.45, 2.75) is 6.54 Å². The van der Waals surface area contributed by atoms with Crippen LogP contribution in [0.15, 0.2) is 24.5 Å². The Bertz CT molecular complexity index is 602. The largest absolute Gasteiger partial charge is 0.478 e. The van der Waals surface area contributed by atoms with Gasteiger partial charge in [0, 0.05) is 19.4 Å². The van der Waals surface area contributed by atoms with Gasteiger partial charge in [-0.1, -0.05) is 0 Å². The highest BCUT2D eigenvalue weighted by Crippen LogP contribution is 2.21. The van der Waals surface area contributed by atoms with E-state index in [9.17, 15) is 13.6 Å². The number of hydrogen-bond donors (Lipinski definition) is 2. The van der Waals surface area contributed by atoms with E-state index < -0.39 is 23.2 Å². The minimum absolute atomic E-state index is 0.129. The molecule has 2 aromatic rings. The van der Waals surface area contributed by atoms with Crippen molar-refractivity contribution in [2.24, 2.45) is 7.05 Å². The average molecular weight is 267 g/mol. The number of benzene rings is 1. The number of hydrogen-bond acceptors (Lipinski definition) is 3. The number of carbonyl (C=O) groups is 1. The summed E-state index contributed by atoms with van der Waals surface area (Å²) in [6, 6.07) is 1.54. The quantitative estimate of drug-likeness (QED) is 0.889. The molecule has 5 nitrogen and oxygen atoms in total. The number of halogens is 2. The molecule has 0 fully saturated rings. The summed E-state index contributed by atoms with van der Waals surface area (Å²) < 4.78 is 28.9. The Kier molecular flexibility index (Phi) is 3.46. The van der Waals surface area contributed by atoms with Gasteiger partial charge in [0.2, 0.25) is 0 Å². The lowest BCUT2D eigenvalue weighted by Crippen LogP contribution is -2.09. The Labute approximate surface area is 107 Å². The Hall–Kier alpha value is -2.44. The monoisotopic (exact) mass is 267 g/mol. The molecule has 0 unspecified atom stereocenters. The van der Waals surface area contributed by atoms with E-state index in [1.807, 2.05) is 0 Å². The highest BCUT2D eigenvalue weighted by Gasteiger charge is 2.14. The minimum atomic E-state index is -1.38. The standard InChI is InChI=1S/C12H11F2N3O2/c1-17-3-2-15-10(17)6-16-11-8(13)4-7(12(18)19)5-9(11)14/h2-5,16H,6H2,1H3,(H,18,19). The zero-order chi connectivity index (χ0) is 14.0. The maximum atomic E-state index is 13.6. The highest BCUT2D eigenvalue weighted by molar-refractivity contribution is 5.88. The first kappa shape index (κ1) is 13.0. The van der Waals surface area contributed by atoms with E-state index in [0.29, 0.717) is 5.82 Å². The lowest BCUT2D eigenvalue weighted by molar-refractivity contribution is 0.0696. The number of carboxylic acid groups (broad SMARTS) is 1. The van der Waals surface area contributed by atoms with Crippen molar-refractivity contribution in [3.05, 3.63) is 47.5 Å². The molecule has 2 N–H and O–H groups in total. The van der Waals surface area contributed by atoms with Crippen LogP contribution in [-0.2, 0) is 13.6 Å². The van der Waals surface area contributed by atoms with Gasteiger partial charge >= 0.3 is 5.97 Å². The summed E-state index contributed by atoms with van der Waals surface area (Å²) in [6.07, 6.45) is 3.27. The summed E-state index contributed by atoms with van der Waals surface area (Å²) in [4.78, 5) is 14.6. The lowest BCUT2D eigenvalue weighted by Gasteiger charge is -2.09. The maximum Gasteiger partial charge on any atom is 0.335 e. The summed E-state index contributed by atoms with van der Waals surface area (Å²) in [5, 5.41) is 11.2. The van der Waals surface area contributed by atoms with E-state index in [1.165, 1.54) is 0 Å². The number of nitrogens with zero attached hydrogens (tertiary/aromatic N) is 2. The molecule has 2 rings (SSSR count). The predicted molar refractivity (Wildman–Crippen MR) is 63.9 cm³/mol. The highest BCUT2D eigenvalue weighted by atomic mass is 19.1. The van der Waals surface area contributed by atoms with Gasteiger partial charge in [0.25, 0.3) is 0 Å². The van der Waals surface area contributed by atoms with Gasteiger partial charge in [-0.25, -0.2) is 18.6 Å². The van der Waals surface area contributed by atoms with Crippen LogP contribution in [0, 0.1) is 11.6 Å². The van der Waals surface area contributed by atoms with E-state index in [2.05, 4.69) is 10.3 Å². The van der Waals surface area contributed by atoms with Crippen LogP contribution in [0.4, 0.5) is 14.5 Å². The second-order valence-electron chi connectivity index (χ2n) is 3.93. The lowest BCUT2D eigenvalue weighted by atomic mass is 10.2. The van der Waals surface area contributed by atoms with Crippen LogP contribution in [-0.4, -0.2) is 20.6 Å². The molecule has 100 valence electrons. The van der Waals surface area contributed by atoms with Crippen molar-refractivity contribution in [2.75, 3.05) is 5.32 Å². The maximum absolute atomic E-state index is 13.6. The smallest absolute Gasteiger partial charge is 0.335 e. The van der Waals surface area contributed by atoms with Crippen molar-refractivity contribution in [3.63, 3.8) is 0 Å². The number of aryl methyl sites for hydroxylation is 1. The Morgan fingerprint density at radius 1 is 1.42 bits per heavy atom. The van der Waals surface area contributed by atoms with Crippen LogP contribution in [0.1, 0.15) is 16.2 Å². The molecule has 19 heavy (non-hydrogen) atoms. The van der Waals surface area contributed by atoms with Crippen LogP contribution < -0.4 is 5.32 Å². The van der Waals surface area contributed by atoms with Gasteiger partial charge in [-0.2, -0.15) is 0 Å². The third-order valence-electron chi connectivity index (χ3n) is 2.63. The molecule has 1 aromatic heterocycles. The van der Waals surface area contributed by atoms with Crippen LogP contribution in [0.2, 0.25) is 0 Å². The molecule has 0 spiro atoms. The molecule has 0 radical (unpaired) electrons. The van der Waals surface area contributed by atoms with Gasteiger partial charge in [-0.3, -0.25) is 0 Å². The SMILES string of the molecule is Cn1ccnc1CNc1c(F)cc(C(=O)O)cc1F. The average Bonchev–Trinajstić information content (AvgIpc) is 2.73. The van der Waals surface area contributed by atoms with Crippen LogP contribution in [0.5, 0.6) is 0 Å². The number of anilines is 1. The molecule has 0 saturated heterocycles. The van der Waals surface area contributed by atoms with E-state index >= 15 is 0 Å². The first-order chi connectivity index (χ1) is 8.99. The molecule has 0 aliphatic rings. The molecule has 0 atom stereocenters. The molecule has 0 amide bonds. The van der Waals surface area contributed by atoms with Gasteiger partial charge < -0.3 is 15.0 Å². The summed E-state index contributed by atoms with van der Waals surface area (Å²) >= 11 is 0. The first-order valence-electron chi connectivity index (χ1n) is 5.41. The fraction of sp³-hybridized carbons (Fsp3) is 0.167. The van der Waals surface area contributed by atoms with Gasteiger partial charge in [-0.05, 0) is 12.1 Å². The Balaban J connectivity index is 2.21. The summed E-state index contributed by atoms with van der Waals surface area (Å²) in [6.45, 7) is 0.129. The zero-order valence-electron chi connectivity index (χ0n) is 10.0. The van der Waals surface area contributed by atoms with E-state index in [4.69, 9.17) is 5.11 Å². The molecule has 0 saturated carbocycles. The molecule has 1 heterocycles. The third-order valence-corrected chi connectivity index (χ3v) is 2.63. The summed E-state index contributed by atoms with van der Waals surface area (Å²) in [7, 11) is 1.75. The molecule has 7 heteroatoms. The van der Waals surface area contributed by atoms with Gasteiger partial charge in [0.05, 0.1) is 12.1 Å². The van der Waals surface area contributed by atoms with Crippen molar-refractivity contribution >= 4 is 11.7 Å². The molecule has 0 aliphatic carbocycles. The van der Waals surface area contributed by atoms with Crippen LogP contribution >= 0.6 is 0 Å². The van der Waals surface area contributed by atoms with Gasteiger partial charge in [0.15, 0.2) is 0 Å². The zero-order valence-corrected chi connectivity index (χ0v) is 10.0. The van der Waals surface area contributed by atoms with Crippen molar-refractivity contribution in [1.82, 2.24) is 9.55 Å². The normalized spacial score (nSPS) is 10.5. The van der Waals surface area contributed by atoms with E-state index in [-0.39, 0.29) is 12.2 Å². The summed E-state index contributed by atoms with van der Waals surface area (Å²) in [5.41, 5.74) is -0.800. The van der Waals surface area contributed by atoms with Crippen molar-refractivity contribution in [1.29, 1.82) is 0 Å². The first-order valence-corrected chi connectivity index (χ1v) is 5.41. The molecule has 0 aliphatic heterocycles. The second kappa shape index (κ2) is 5.05. The molecule has 0 bridgehead atoms. The van der Waals surface area contributed by atoms with Gasteiger partial charge in [0.1, 0.15) is 23.1 Å². The Morgan fingerprint density at radius 2 is 2.05 bits per heavy atom. The Morgan fingerprint density at radius 3 is 2.53 bits per heavy atom. The number of nitrogens with one attached hydrogen (secondary N) is 1. The van der Waals surface area contributed by atoms with E-state index in [1.54, 1.807) is 24.0 Å². The molecular formula is C12H11F2N3O2. The summed E-state index contributed by atoms with van der Waals surface area (Å²) in [5.74, 6) is -2.69. The number of imidazole rings is 1. The number of aromatic carboxylic acids is 1. The van der Waals surface area contributed by atoms with E-state index in [0.717, 1.165) is 12.1 Å². The van der Waals surface area contributed by atoms with Gasteiger partial charge in [-0.15, -0.1) is 0 Å². The number of carboxylic acids is 1. The fourth-order valence-electron chi connectivity index (χ4n) is 1.60. The third kappa shape index (κ3) is 2.70. The number of aromatic nitrogens is 2. The second-order valence-corrected chi connectivity index (χ2v) is 3.93. The van der Waals surface area contributed by atoms with Crippen LogP contribution in [0.3, 0.4) is 0 Å². The minimum Gasteiger partial charge on any atom is -0.478 e. The molecule has 1 aromatic carbocycles. The number of rotatable bonds is 4. The van der Waals surface area contributed by atoms with Crippen molar-refractivity contribution in [3.8, 4) is 0 Å². The van der Waals surface area contributed by atoms with Crippen LogP contribution in [0.25, 0.3) is 0 Å². The predicted octanol–water partition coefficient (Wildman–Crippen LogP) is 2.01. The fourth-order valence-corrected chi connectivity index (χ4v) is 1.60. The topological polar surface area (TPSA) is 67.2 Å².